The van der Waals surface area contributed by atoms with Gasteiger partial charge < -0.3 is 10.2 Å². The third-order valence-electron chi connectivity index (χ3n) is 2.72. The molecule has 2 aromatic rings. The molecular formula is C14H15N3O2S. The highest BCUT2D eigenvalue weighted by Crippen LogP contribution is 2.06. The smallest absolute Gasteiger partial charge is 0.251 e. The molecule has 0 fully saturated rings. The Hall–Kier alpha value is -2.21. The number of nitrogens with zero attached hydrogens (tertiary/aromatic N) is 2. The molecule has 0 radical (unpaired) electrons. The van der Waals surface area contributed by atoms with E-state index in [-0.39, 0.29) is 18.4 Å². The van der Waals surface area contributed by atoms with Crippen LogP contribution >= 0.6 is 11.3 Å². The van der Waals surface area contributed by atoms with Crippen molar-refractivity contribution in [1.29, 1.82) is 0 Å². The van der Waals surface area contributed by atoms with E-state index in [2.05, 4.69) is 10.3 Å². The maximum absolute atomic E-state index is 11.9. The predicted molar refractivity (Wildman–Crippen MR) is 77.4 cm³/mol. The fourth-order valence-corrected chi connectivity index (χ4v) is 2.27. The van der Waals surface area contributed by atoms with Gasteiger partial charge in [0.2, 0.25) is 5.91 Å². The van der Waals surface area contributed by atoms with Gasteiger partial charge in [-0.05, 0) is 12.1 Å². The molecule has 104 valence electrons. The monoisotopic (exact) mass is 289 g/mol. The van der Waals surface area contributed by atoms with E-state index in [9.17, 15) is 9.59 Å². The van der Waals surface area contributed by atoms with Gasteiger partial charge in [0, 0.05) is 24.2 Å². The summed E-state index contributed by atoms with van der Waals surface area (Å²) in [5.41, 5.74) is 0.544. The number of benzene rings is 1. The van der Waals surface area contributed by atoms with E-state index >= 15 is 0 Å². The van der Waals surface area contributed by atoms with Crippen molar-refractivity contribution in [3.8, 4) is 0 Å². The minimum Gasteiger partial charge on any atom is -0.343 e. The van der Waals surface area contributed by atoms with Gasteiger partial charge in [-0.2, -0.15) is 0 Å². The van der Waals surface area contributed by atoms with Crippen molar-refractivity contribution in [2.24, 2.45) is 0 Å². The maximum Gasteiger partial charge on any atom is 0.251 e. The SMILES string of the molecule is CN(Cc1nccs1)C(=O)CNC(=O)c1ccccc1. The Morgan fingerprint density at radius 3 is 2.70 bits per heavy atom. The van der Waals surface area contributed by atoms with Gasteiger partial charge in [0.05, 0.1) is 13.1 Å². The second kappa shape index (κ2) is 6.81. The van der Waals surface area contributed by atoms with Crippen LogP contribution in [0.3, 0.4) is 0 Å². The number of thiazole rings is 1. The Bertz CT molecular complexity index is 569. The molecule has 1 N–H and O–H groups in total. The minimum absolute atomic E-state index is 0.0183. The Balaban J connectivity index is 1.81. The fraction of sp³-hybridized carbons (Fsp3) is 0.214. The van der Waals surface area contributed by atoms with Crippen LogP contribution in [0.4, 0.5) is 0 Å². The zero-order chi connectivity index (χ0) is 14.4. The minimum atomic E-state index is -0.249. The van der Waals surface area contributed by atoms with Crippen molar-refractivity contribution in [1.82, 2.24) is 15.2 Å². The van der Waals surface area contributed by atoms with Gasteiger partial charge in [-0.15, -0.1) is 11.3 Å². The molecule has 0 aliphatic carbocycles. The second-order valence-corrected chi connectivity index (χ2v) is 5.20. The lowest BCUT2D eigenvalue weighted by molar-refractivity contribution is -0.129. The third kappa shape index (κ3) is 3.89. The number of rotatable bonds is 5. The summed E-state index contributed by atoms with van der Waals surface area (Å²) in [5.74, 6) is -0.397. The van der Waals surface area contributed by atoms with Crippen LogP contribution in [0.2, 0.25) is 0 Å². The van der Waals surface area contributed by atoms with Crippen LogP contribution in [-0.2, 0) is 11.3 Å². The summed E-state index contributed by atoms with van der Waals surface area (Å²) in [6.45, 7) is 0.438. The summed E-state index contributed by atoms with van der Waals surface area (Å²) >= 11 is 1.50. The first-order chi connectivity index (χ1) is 9.66. The number of aromatic nitrogens is 1. The first-order valence-electron chi connectivity index (χ1n) is 6.12. The van der Waals surface area contributed by atoms with Crippen molar-refractivity contribution in [3.05, 3.63) is 52.5 Å². The summed E-state index contributed by atoms with van der Waals surface area (Å²) in [6, 6.07) is 8.82. The normalized spacial score (nSPS) is 10.1. The highest BCUT2D eigenvalue weighted by Gasteiger charge is 2.12. The van der Waals surface area contributed by atoms with Crippen molar-refractivity contribution >= 4 is 23.2 Å². The quantitative estimate of drug-likeness (QED) is 0.908. The number of carbonyl (C=O) groups excluding carboxylic acids is 2. The molecule has 5 nitrogen and oxygen atoms in total. The van der Waals surface area contributed by atoms with E-state index < -0.39 is 0 Å². The van der Waals surface area contributed by atoms with Crippen LogP contribution in [0.1, 0.15) is 15.4 Å². The van der Waals surface area contributed by atoms with Crippen LogP contribution in [0.5, 0.6) is 0 Å². The zero-order valence-electron chi connectivity index (χ0n) is 11.1. The maximum atomic E-state index is 11.9. The number of carbonyl (C=O) groups is 2. The molecule has 0 spiro atoms. The highest BCUT2D eigenvalue weighted by molar-refractivity contribution is 7.09. The van der Waals surface area contributed by atoms with Crippen molar-refractivity contribution < 1.29 is 9.59 Å². The van der Waals surface area contributed by atoms with Gasteiger partial charge in [0.1, 0.15) is 5.01 Å². The summed E-state index contributed by atoms with van der Waals surface area (Å²) in [6.07, 6.45) is 1.70. The molecule has 0 saturated carbocycles. The molecule has 6 heteroatoms. The second-order valence-electron chi connectivity index (χ2n) is 4.22. The molecule has 20 heavy (non-hydrogen) atoms. The van der Waals surface area contributed by atoms with Gasteiger partial charge >= 0.3 is 0 Å². The summed E-state index contributed by atoms with van der Waals surface area (Å²) in [4.78, 5) is 29.4. The molecule has 2 amide bonds. The lowest BCUT2D eigenvalue weighted by Crippen LogP contribution is -2.37. The topological polar surface area (TPSA) is 62.3 Å². The van der Waals surface area contributed by atoms with Gasteiger partial charge in [0.15, 0.2) is 0 Å². The molecule has 0 bridgehead atoms. The number of hydrogen-bond donors (Lipinski definition) is 1. The number of nitrogens with one attached hydrogen (secondary N) is 1. The Morgan fingerprint density at radius 1 is 1.30 bits per heavy atom. The summed E-state index contributed by atoms with van der Waals surface area (Å²) < 4.78 is 0. The molecule has 0 unspecified atom stereocenters. The zero-order valence-corrected chi connectivity index (χ0v) is 11.9. The lowest BCUT2D eigenvalue weighted by Gasteiger charge is -2.16. The van der Waals surface area contributed by atoms with E-state index in [4.69, 9.17) is 0 Å². The first-order valence-corrected chi connectivity index (χ1v) is 7.00. The molecule has 0 saturated heterocycles. The Labute approximate surface area is 121 Å². The summed E-state index contributed by atoms with van der Waals surface area (Å²) in [7, 11) is 1.69. The van der Waals surface area contributed by atoms with Crippen molar-refractivity contribution in [3.63, 3.8) is 0 Å². The molecule has 1 aromatic carbocycles. The van der Waals surface area contributed by atoms with Crippen LogP contribution in [0.15, 0.2) is 41.9 Å². The Kier molecular flexibility index (Phi) is 4.84. The van der Waals surface area contributed by atoms with Crippen LogP contribution in [-0.4, -0.2) is 35.3 Å². The number of likely N-dealkylation sites (N-methyl/N-ethyl adjacent to an activating group) is 1. The third-order valence-corrected chi connectivity index (χ3v) is 3.48. The molecule has 1 heterocycles. The van der Waals surface area contributed by atoms with E-state index in [1.165, 1.54) is 11.3 Å². The van der Waals surface area contributed by atoms with E-state index in [0.717, 1.165) is 5.01 Å². The van der Waals surface area contributed by atoms with E-state index in [1.807, 2.05) is 11.4 Å². The predicted octanol–water partition coefficient (Wildman–Crippen LogP) is 1.53. The van der Waals surface area contributed by atoms with Gasteiger partial charge in [0.25, 0.3) is 5.91 Å². The first kappa shape index (κ1) is 14.2. The molecule has 0 aliphatic rings. The molecular weight excluding hydrogens is 274 g/mol. The van der Waals surface area contributed by atoms with Gasteiger partial charge in [-0.1, -0.05) is 18.2 Å². The van der Waals surface area contributed by atoms with Crippen molar-refractivity contribution in [2.75, 3.05) is 13.6 Å². The Morgan fingerprint density at radius 2 is 2.05 bits per heavy atom. The average Bonchev–Trinajstić information content (AvgIpc) is 2.98. The molecule has 2 rings (SSSR count). The van der Waals surface area contributed by atoms with E-state index in [0.29, 0.717) is 12.1 Å². The van der Waals surface area contributed by atoms with E-state index in [1.54, 1.807) is 42.4 Å². The van der Waals surface area contributed by atoms with Gasteiger partial charge in [-0.3, -0.25) is 9.59 Å². The standard InChI is InChI=1S/C14H15N3O2S/c1-17(10-12-15-7-8-20-12)13(18)9-16-14(19)11-5-3-2-4-6-11/h2-8H,9-10H2,1H3,(H,16,19). The van der Waals surface area contributed by atoms with Crippen LogP contribution in [0, 0.1) is 0 Å². The summed E-state index contributed by atoms with van der Waals surface area (Å²) in [5, 5.41) is 5.35. The van der Waals surface area contributed by atoms with Crippen molar-refractivity contribution in [2.45, 2.75) is 6.54 Å². The fourth-order valence-electron chi connectivity index (χ4n) is 1.60. The molecule has 0 aliphatic heterocycles. The molecule has 0 atom stereocenters. The van der Waals surface area contributed by atoms with Crippen LogP contribution in [0.25, 0.3) is 0 Å². The van der Waals surface area contributed by atoms with Crippen LogP contribution < -0.4 is 5.32 Å². The molecule has 1 aromatic heterocycles. The average molecular weight is 289 g/mol. The number of hydrogen-bond acceptors (Lipinski definition) is 4. The number of amides is 2. The highest BCUT2D eigenvalue weighted by atomic mass is 32.1. The van der Waals surface area contributed by atoms with Gasteiger partial charge in [-0.25, -0.2) is 4.98 Å². The lowest BCUT2D eigenvalue weighted by atomic mass is 10.2. The largest absolute Gasteiger partial charge is 0.343 e.